The van der Waals surface area contributed by atoms with Crippen molar-refractivity contribution in [1.29, 1.82) is 0 Å². The number of nitrogens with zero attached hydrogens (tertiary/aromatic N) is 2. The second kappa shape index (κ2) is 11.2. The van der Waals surface area contributed by atoms with Crippen LogP contribution in [0.2, 0.25) is 0 Å². The number of hydrogen-bond donors (Lipinski definition) is 0. The van der Waals surface area contributed by atoms with E-state index in [1.165, 1.54) is 16.9 Å². The van der Waals surface area contributed by atoms with Crippen LogP contribution in [0.3, 0.4) is 0 Å². The van der Waals surface area contributed by atoms with Crippen LogP contribution < -0.4 is 9.64 Å². The van der Waals surface area contributed by atoms with Gasteiger partial charge in [0.25, 0.3) is 0 Å². The third-order valence-electron chi connectivity index (χ3n) is 8.62. The molecule has 2 unspecified atom stereocenters. The topological polar surface area (TPSA) is 68.3 Å². The summed E-state index contributed by atoms with van der Waals surface area (Å²) in [6.07, 6.45) is -10.8. The Balaban J connectivity index is 1.47. The molecule has 2 amide bonds. The minimum absolute atomic E-state index is 0.0266. The van der Waals surface area contributed by atoms with Gasteiger partial charge in [-0.2, -0.15) is 26.3 Å². The Labute approximate surface area is 250 Å². The van der Waals surface area contributed by atoms with Gasteiger partial charge in [-0.1, -0.05) is 20.4 Å². The normalized spacial score (nSPS) is 24.0. The molecule has 2 aliphatic heterocycles. The lowest BCUT2D eigenvalue weighted by atomic mass is 9.65. The fraction of sp³-hybridized carbons (Fsp3) is 0.484. The number of carbonyl (C=O) groups excluding carboxylic acids is 2. The summed E-state index contributed by atoms with van der Waals surface area (Å²) in [5.74, 6) is 0.200. The Morgan fingerprint density at radius 1 is 1.00 bits per heavy atom. The zero-order valence-electron chi connectivity index (χ0n) is 24.3. The Morgan fingerprint density at radius 2 is 1.66 bits per heavy atom. The molecule has 2 heterocycles. The molecule has 3 aliphatic rings. The van der Waals surface area contributed by atoms with Crippen molar-refractivity contribution in [2.75, 3.05) is 31.7 Å². The minimum Gasteiger partial charge on any atom is -0.496 e. The van der Waals surface area contributed by atoms with Crippen molar-refractivity contribution in [2.24, 2.45) is 11.3 Å². The van der Waals surface area contributed by atoms with Crippen molar-refractivity contribution in [3.63, 3.8) is 0 Å². The molecule has 0 bridgehead atoms. The summed E-state index contributed by atoms with van der Waals surface area (Å²) in [5, 5.41) is 0. The SMILES string of the molecule is C=C1[C@@H](c2cc(C(F)(F)F)cc(C(F)(F)F)c2)OC(=O)N1CC1CC(C)(C)CCC1c1cc(N2CCOC2=O)ccc1OC. The van der Waals surface area contributed by atoms with E-state index < -0.39 is 47.3 Å². The van der Waals surface area contributed by atoms with Gasteiger partial charge in [-0.15, -0.1) is 0 Å². The summed E-state index contributed by atoms with van der Waals surface area (Å²) in [6, 6.07) is 6.51. The molecule has 2 aromatic rings. The fourth-order valence-electron chi connectivity index (χ4n) is 6.45. The van der Waals surface area contributed by atoms with Crippen LogP contribution >= 0.6 is 0 Å². The molecular weight excluding hydrogens is 594 g/mol. The van der Waals surface area contributed by atoms with Gasteiger partial charge >= 0.3 is 24.5 Å². The summed E-state index contributed by atoms with van der Waals surface area (Å²) in [6.45, 7) is 8.76. The van der Waals surface area contributed by atoms with E-state index in [0.717, 1.165) is 12.0 Å². The van der Waals surface area contributed by atoms with Gasteiger partial charge in [0.2, 0.25) is 0 Å². The van der Waals surface area contributed by atoms with Crippen LogP contribution in [0, 0.1) is 11.3 Å². The van der Waals surface area contributed by atoms with Crippen molar-refractivity contribution in [3.8, 4) is 5.75 Å². The highest BCUT2D eigenvalue weighted by Crippen LogP contribution is 2.50. The van der Waals surface area contributed by atoms with Crippen LogP contribution in [-0.4, -0.2) is 43.9 Å². The quantitative estimate of drug-likeness (QED) is 0.302. The monoisotopic (exact) mass is 626 g/mol. The summed E-state index contributed by atoms with van der Waals surface area (Å²) in [4.78, 5) is 28.1. The Kier molecular flexibility index (Phi) is 8.04. The lowest BCUT2D eigenvalue weighted by molar-refractivity contribution is -0.143. The van der Waals surface area contributed by atoms with E-state index in [4.69, 9.17) is 14.2 Å². The summed E-state index contributed by atoms with van der Waals surface area (Å²) in [5.41, 5.74) is -2.22. The molecule has 3 fully saturated rings. The van der Waals surface area contributed by atoms with Crippen LogP contribution in [0.25, 0.3) is 0 Å². The first-order valence-electron chi connectivity index (χ1n) is 14.1. The third kappa shape index (κ3) is 6.18. The van der Waals surface area contributed by atoms with Crippen molar-refractivity contribution in [2.45, 2.75) is 57.5 Å². The fourth-order valence-corrected chi connectivity index (χ4v) is 6.45. The van der Waals surface area contributed by atoms with Crippen molar-refractivity contribution in [3.05, 3.63) is 70.9 Å². The predicted molar refractivity (Wildman–Crippen MR) is 147 cm³/mol. The first-order chi connectivity index (χ1) is 20.5. The lowest BCUT2D eigenvalue weighted by Crippen LogP contribution is -2.37. The summed E-state index contributed by atoms with van der Waals surface area (Å²) >= 11 is 0. The largest absolute Gasteiger partial charge is 0.496 e. The molecule has 0 N–H and O–H groups in total. The van der Waals surface area contributed by atoms with Crippen LogP contribution in [0.15, 0.2) is 48.7 Å². The second-order valence-electron chi connectivity index (χ2n) is 12.2. The van der Waals surface area contributed by atoms with E-state index in [1.54, 1.807) is 12.1 Å². The zero-order valence-corrected chi connectivity index (χ0v) is 24.3. The molecule has 238 valence electrons. The molecule has 7 nitrogen and oxygen atoms in total. The standard InChI is InChI=1S/C31H32F6N2O5/c1-17-26(18-11-20(30(32,33)34)13-21(12-18)31(35,36)37)44-28(41)39(17)16-19-15-29(2,3)8-7-23(19)24-14-22(5-6-25(24)42-4)38-9-10-43-27(38)40/h5-6,11-14,19,23,26H,1,7-10,15-16H2,2-4H3/t19?,23?,26-/m0/s1. The van der Waals surface area contributed by atoms with Gasteiger partial charge in [0.15, 0.2) is 6.10 Å². The molecular formula is C31H32F6N2O5. The molecule has 44 heavy (non-hydrogen) atoms. The van der Waals surface area contributed by atoms with Gasteiger partial charge in [-0.25, -0.2) is 9.59 Å². The van der Waals surface area contributed by atoms with Crippen molar-refractivity contribution >= 4 is 17.9 Å². The second-order valence-corrected chi connectivity index (χ2v) is 12.2. The number of halogens is 6. The first-order valence-corrected chi connectivity index (χ1v) is 14.1. The highest BCUT2D eigenvalue weighted by atomic mass is 19.4. The smallest absolute Gasteiger partial charge is 0.416 e. The number of amides is 2. The van der Waals surface area contributed by atoms with E-state index in [2.05, 4.69) is 20.4 Å². The summed E-state index contributed by atoms with van der Waals surface area (Å²) in [7, 11) is 1.53. The van der Waals surface area contributed by atoms with E-state index >= 15 is 0 Å². The van der Waals surface area contributed by atoms with Gasteiger partial charge < -0.3 is 14.2 Å². The number of benzene rings is 2. The molecule has 0 aromatic heterocycles. The van der Waals surface area contributed by atoms with Crippen molar-refractivity contribution in [1.82, 2.24) is 4.90 Å². The molecule has 0 spiro atoms. The maximum Gasteiger partial charge on any atom is 0.416 e. The van der Waals surface area contributed by atoms with Gasteiger partial charge in [-0.05, 0) is 84.0 Å². The lowest BCUT2D eigenvalue weighted by Gasteiger charge is -2.42. The Morgan fingerprint density at radius 3 is 2.23 bits per heavy atom. The highest BCUT2D eigenvalue weighted by Gasteiger charge is 2.45. The summed E-state index contributed by atoms with van der Waals surface area (Å²) < 4.78 is 97.2. The van der Waals surface area contributed by atoms with Crippen LogP contribution in [0.1, 0.15) is 67.4 Å². The molecule has 2 saturated heterocycles. The zero-order chi connectivity index (χ0) is 32.2. The number of carbonyl (C=O) groups is 2. The number of hydrogen-bond acceptors (Lipinski definition) is 5. The molecule has 1 aliphatic carbocycles. The van der Waals surface area contributed by atoms with Crippen LogP contribution in [-0.2, 0) is 21.8 Å². The van der Waals surface area contributed by atoms with Gasteiger partial charge in [0, 0.05) is 12.2 Å². The molecule has 2 aromatic carbocycles. The predicted octanol–water partition coefficient (Wildman–Crippen LogP) is 8.31. The highest BCUT2D eigenvalue weighted by molar-refractivity contribution is 5.89. The number of rotatable bonds is 6. The van der Waals surface area contributed by atoms with Crippen LogP contribution in [0.4, 0.5) is 41.6 Å². The maximum atomic E-state index is 13.5. The third-order valence-corrected chi connectivity index (χ3v) is 8.62. The van der Waals surface area contributed by atoms with E-state index in [9.17, 15) is 35.9 Å². The maximum absolute atomic E-state index is 13.5. The number of methoxy groups -OCH3 is 1. The first kappa shape index (κ1) is 31.5. The molecule has 3 atom stereocenters. The van der Waals surface area contributed by atoms with Crippen molar-refractivity contribution < 1.29 is 50.1 Å². The molecule has 5 rings (SSSR count). The number of ether oxygens (including phenoxy) is 3. The average molecular weight is 627 g/mol. The number of anilines is 1. The van der Waals surface area contributed by atoms with E-state index in [1.807, 2.05) is 6.07 Å². The number of alkyl halides is 6. The minimum atomic E-state index is -5.06. The van der Waals surface area contributed by atoms with Gasteiger partial charge in [-0.3, -0.25) is 9.80 Å². The molecule has 0 radical (unpaired) electrons. The van der Waals surface area contributed by atoms with Gasteiger partial charge in [0.05, 0.1) is 30.5 Å². The Bertz CT molecular complexity index is 1440. The van der Waals surface area contributed by atoms with E-state index in [0.29, 0.717) is 43.0 Å². The van der Waals surface area contributed by atoms with Gasteiger partial charge in [0.1, 0.15) is 12.4 Å². The van der Waals surface area contributed by atoms with Crippen LogP contribution in [0.5, 0.6) is 5.75 Å². The molecule has 13 heteroatoms. The Hall–Kier alpha value is -3.90. The molecule has 1 saturated carbocycles. The van der Waals surface area contributed by atoms with E-state index in [-0.39, 0.29) is 42.2 Å². The number of cyclic esters (lactones) is 2. The average Bonchev–Trinajstić information content (AvgIpc) is 3.49.